The second kappa shape index (κ2) is 11.7. The number of amides is 1. The lowest BCUT2D eigenvalue weighted by Crippen LogP contribution is -2.50. The van der Waals surface area contributed by atoms with E-state index in [0.29, 0.717) is 0 Å². The van der Waals surface area contributed by atoms with Crippen LogP contribution in [0, 0.1) is 0 Å². The van der Waals surface area contributed by atoms with Crippen molar-refractivity contribution in [3.8, 4) is 0 Å². The van der Waals surface area contributed by atoms with Crippen LogP contribution in [0.1, 0.15) is 20.3 Å². The van der Waals surface area contributed by atoms with Gasteiger partial charge in [-0.05, 0) is 0 Å². The van der Waals surface area contributed by atoms with Crippen LogP contribution in [0.25, 0.3) is 0 Å². The summed E-state index contributed by atoms with van der Waals surface area (Å²) in [5.41, 5.74) is 4.17. The molecule has 0 saturated carbocycles. The van der Waals surface area contributed by atoms with Gasteiger partial charge in [0.2, 0.25) is 6.41 Å². The highest BCUT2D eigenvalue weighted by atomic mass is 16.7. The third kappa shape index (κ3) is 7.24. The van der Waals surface area contributed by atoms with Gasteiger partial charge in [-0.1, -0.05) is 13.8 Å². The van der Waals surface area contributed by atoms with Crippen molar-refractivity contribution < 1.29 is 29.6 Å². The van der Waals surface area contributed by atoms with Crippen LogP contribution < -0.4 is 5.73 Å². The number of carbonyl (C=O) groups excluding carboxylic acids is 1. The van der Waals surface area contributed by atoms with E-state index in [1.54, 1.807) is 0 Å². The second-order valence-corrected chi connectivity index (χ2v) is 2.95. The maximum atomic E-state index is 9.26. The van der Waals surface area contributed by atoms with Gasteiger partial charge in [-0.25, -0.2) is 0 Å². The summed E-state index contributed by atoms with van der Waals surface area (Å²) in [4.78, 5) is 8.58. The van der Waals surface area contributed by atoms with Crippen molar-refractivity contribution in [1.82, 2.24) is 0 Å². The number of aliphatic hydroxyl groups is 3. The number of rotatable bonds is 2. The summed E-state index contributed by atoms with van der Waals surface area (Å²) >= 11 is 0. The number of aliphatic hydroxyl groups excluding tert-OH is 3. The molecule has 1 amide bonds. The average molecular weight is 253 g/mol. The zero-order chi connectivity index (χ0) is 13.8. The fourth-order valence-electron chi connectivity index (χ4n) is 1.22. The zero-order valence-electron chi connectivity index (χ0n) is 10.4. The smallest absolute Gasteiger partial charge is 0.204 e. The van der Waals surface area contributed by atoms with E-state index in [4.69, 9.17) is 19.4 Å². The first-order valence-electron chi connectivity index (χ1n) is 5.41. The second-order valence-electron chi connectivity index (χ2n) is 2.95. The minimum atomic E-state index is -1.03. The molecule has 17 heavy (non-hydrogen) atoms. The number of ether oxygens (including phenoxy) is 2. The maximum absolute atomic E-state index is 9.26. The van der Waals surface area contributed by atoms with Crippen LogP contribution in [0.5, 0.6) is 0 Å². The monoisotopic (exact) mass is 253 g/mol. The van der Waals surface area contributed by atoms with Crippen molar-refractivity contribution in [3.05, 3.63) is 0 Å². The van der Waals surface area contributed by atoms with Crippen molar-refractivity contribution >= 4 is 6.41 Å². The molecule has 0 radical (unpaired) electrons. The molecule has 0 aromatic carbocycles. The minimum Gasteiger partial charge on any atom is -0.394 e. The van der Waals surface area contributed by atoms with E-state index in [-0.39, 0.29) is 19.4 Å². The Hall–Kier alpha value is -0.730. The summed E-state index contributed by atoms with van der Waals surface area (Å²) in [6.07, 6.45) is -2.73. The Balaban J connectivity index is 0. The van der Waals surface area contributed by atoms with Gasteiger partial charge in [-0.3, -0.25) is 4.79 Å². The molecule has 1 rings (SSSR count). The van der Waals surface area contributed by atoms with Crippen molar-refractivity contribution in [2.45, 2.75) is 44.9 Å². The van der Waals surface area contributed by atoms with E-state index in [9.17, 15) is 10.2 Å². The summed E-state index contributed by atoms with van der Waals surface area (Å²) in [6.45, 7) is 3.68. The molecule has 7 nitrogen and oxygen atoms in total. The topological polar surface area (TPSA) is 122 Å². The largest absolute Gasteiger partial charge is 0.394 e. The molecule has 1 fully saturated rings. The molecule has 0 aromatic heterocycles. The lowest BCUT2D eigenvalue weighted by Gasteiger charge is -2.35. The van der Waals surface area contributed by atoms with Gasteiger partial charge in [-0.15, -0.1) is 0 Å². The predicted octanol–water partition coefficient (Wildman–Crippen LogP) is -1.41. The third-order valence-electron chi connectivity index (χ3n) is 1.98. The molecular formula is C10H23NO6. The number of nitrogens with two attached hydrogens (primary N) is 1. The van der Waals surface area contributed by atoms with Gasteiger partial charge in [0.25, 0.3) is 0 Å². The first-order chi connectivity index (χ1) is 8.10. The van der Waals surface area contributed by atoms with Crippen molar-refractivity contribution in [2.75, 3.05) is 13.7 Å². The van der Waals surface area contributed by atoms with E-state index in [1.165, 1.54) is 7.11 Å². The number of hydrogen-bond donors (Lipinski definition) is 4. The lowest BCUT2D eigenvalue weighted by molar-refractivity contribution is -0.248. The van der Waals surface area contributed by atoms with Crippen LogP contribution in [-0.4, -0.2) is 60.0 Å². The Bertz CT molecular complexity index is 180. The highest BCUT2D eigenvalue weighted by Crippen LogP contribution is 2.20. The van der Waals surface area contributed by atoms with Crippen LogP contribution in [0.15, 0.2) is 0 Å². The van der Waals surface area contributed by atoms with E-state index in [2.05, 4.69) is 5.73 Å². The van der Waals surface area contributed by atoms with Crippen LogP contribution in [0.2, 0.25) is 0 Å². The summed E-state index contributed by atoms with van der Waals surface area (Å²) in [5.74, 6) is 0. The standard InChI is InChI=1S/C7H14O5.C2H6.CH3NO/c1-11-6-2-4(9)7(10)5(3-8)12-6;1-2;2-1-3/h4-10H,2-3H2,1H3;1-2H3;1H,(H2,2,3). The third-order valence-corrected chi connectivity index (χ3v) is 1.98. The molecule has 0 aliphatic carbocycles. The molecular weight excluding hydrogens is 230 g/mol. The first kappa shape index (κ1) is 18.6. The number of hydrogen-bond acceptors (Lipinski definition) is 6. The van der Waals surface area contributed by atoms with Crippen LogP contribution in [0.4, 0.5) is 0 Å². The quantitative estimate of drug-likeness (QED) is 0.448. The maximum Gasteiger partial charge on any atom is 0.204 e. The van der Waals surface area contributed by atoms with Gasteiger partial charge >= 0.3 is 0 Å². The van der Waals surface area contributed by atoms with Gasteiger partial charge < -0.3 is 30.5 Å². The summed E-state index contributed by atoms with van der Waals surface area (Å²) in [7, 11) is 1.45. The van der Waals surface area contributed by atoms with Gasteiger partial charge in [0, 0.05) is 13.5 Å². The first-order valence-corrected chi connectivity index (χ1v) is 5.41. The van der Waals surface area contributed by atoms with Crippen LogP contribution >= 0.6 is 0 Å². The highest BCUT2D eigenvalue weighted by molar-refractivity contribution is 5.42. The molecule has 104 valence electrons. The fraction of sp³-hybridized carbons (Fsp3) is 0.900. The number of primary amides is 1. The molecule has 1 saturated heterocycles. The van der Waals surface area contributed by atoms with E-state index < -0.39 is 24.6 Å². The Morgan fingerprint density at radius 3 is 2.29 bits per heavy atom. The Kier molecular flexibility index (Phi) is 12.9. The number of methoxy groups -OCH3 is 1. The zero-order valence-corrected chi connectivity index (χ0v) is 10.4. The molecule has 0 aromatic rings. The normalized spacial score (nSPS) is 31.4. The molecule has 1 heterocycles. The molecule has 4 atom stereocenters. The summed E-state index contributed by atoms with van der Waals surface area (Å²) < 4.78 is 9.92. The van der Waals surface area contributed by atoms with Gasteiger partial charge in [0.15, 0.2) is 6.29 Å². The van der Waals surface area contributed by atoms with Gasteiger partial charge in [-0.2, -0.15) is 0 Å². The molecule has 5 N–H and O–H groups in total. The lowest BCUT2D eigenvalue weighted by atomic mass is 10.0. The Labute approximate surface area is 101 Å². The minimum absolute atomic E-state index is 0.230. The van der Waals surface area contributed by atoms with Gasteiger partial charge in [0.05, 0.1) is 12.7 Å². The average Bonchev–Trinajstić information content (AvgIpc) is 2.36. The van der Waals surface area contributed by atoms with Crippen molar-refractivity contribution in [1.29, 1.82) is 0 Å². The SMILES string of the molecule is CC.COC1CC(O)C(O)C(CO)O1.NC=O. The molecule has 1 aliphatic heterocycles. The summed E-state index contributed by atoms with van der Waals surface area (Å²) in [6, 6.07) is 0. The Morgan fingerprint density at radius 1 is 1.47 bits per heavy atom. The molecule has 0 bridgehead atoms. The fourth-order valence-corrected chi connectivity index (χ4v) is 1.22. The van der Waals surface area contributed by atoms with Crippen molar-refractivity contribution in [3.63, 3.8) is 0 Å². The highest BCUT2D eigenvalue weighted by Gasteiger charge is 2.36. The van der Waals surface area contributed by atoms with E-state index in [1.807, 2.05) is 13.8 Å². The Morgan fingerprint density at radius 2 is 1.94 bits per heavy atom. The molecule has 4 unspecified atom stereocenters. The predicted molar refractivity (Wildman–Crippen MR) is 61.0 cm³/mol. The van der Waals surface area contributed by atoms with Crippen LogP contribution in [-0.2, 0) is 14.3 Å². The molecule has 1 aliphatic rings. The number of carbonyl (C=O) groups is 1. The van der Waals surface area contributed by atoms with Crippen molar-refractivity contribution in [2.24, 2.45) is 5.73 Å². The van der Waals surface area contributed by atoms with E-state index >= 15 is 0 Å². The van der Waals surface area contributed by atoms with Crippen LogP contribution in [0.3, 0.4) is 0 Å². The van der Waals surface area contributed by atoms with Gasteiger partial charge in [0.1, 0.15) is 12.2 Å². The molecule has 0 spiro atoms. The van der Waals surface area contributed by atoms with E-state index in [0.717, 1.165) is 0 Å². The molecule has 7 heteroatoms. The summed E-state index contributed by atoms with van der Waals surface area (Å²) in [5, 5.41) is 27.3.